The van der Waals surface area contributed by atoms with Gasteiger partial charge in [0.05, 0.1) is 16.7 Å². The largest absolute Gasteiger partial charge is 0.343 e. The van der Waals surface area contributed by atoms with E-state index in [9.17, 15) is 0 Å². The van der Waals surface area contributed by atoms with E-state index < -0.39 is 0 Å². The van der Waals surface area contributed by atoms with Gasteiger partial charge in [0.1, 0.15) is 0 Å². The first-order valence-corrected chi connectivity index (χ1v) is 12.3. The van der Waals surface area contributed by atoms with Gasteiger partial charge in [-0.25, -0.2) is 4.98 Å². The Hall–Kier alpha value is -2.16. The minimum absolute atomic E-state index is 0.432. The summed E-state index contributed by atoms with van der Waals surface area (Å²) in [6, 6.07) is 7.15. The molecule has 3 rings (SSSR count). The van der Waals surface area contributed by atoms with Crippen LogP contribution in [0, 0.1) is 6.92 Å². The lowest BCUT2D eigenvalue weighted by molar-refractivity contribution is 0.621. The van der Waals surface area contributed by atoms with Gasteiger partial charge in [-0.1, -0.05) is 60.8 Å². The second-order valence-electron chi connectivity index (χ2n) is 9.12. The molecule has 0 saturated heterocycles. The molecule has 170 valence electrons. The highest BCUT2D eigenvalue weighted by atomic mass is 15.0. The molecule has 0 aliphatic rings. The summed E-state index contributed by atoms with van der Waals surface area (Å²) in [7, 11) is 0. The molecule has 0 spiro atoms. The van der Waals surface area contributed by atoms with Crippen molar-refractivity contribution < 1.29 is 0 Å². The maximum atomic E-state index is 5.14. The summed E-state index contributed by atoms with van der Waals surface area (Å²) in [4.78, 5) is 10.1. The number of rotatable bonds is 7. The van der Waals surface area contributed by atoms with Gasteiger partial charge in [-0.3, -0.25) is 4.98 Å². The molecule has 0 amide bonds. The fourth-order valence-corrected chi connectivity index (χ4v) is 3.98. The van der Waals surface area contributed by atoms with Crippen LogP contribution in [0.25, 0.3) is 22.3 Å². The quantitative estimate of drug-likeness (QED) is 0.383. The van der Waals surface area contributed by atoms with Crippen LogP contribution in [0.3, 0.4) is 0 Å². The van der Waals surface area contributed by atoms with Crippen LogP contribution in [-0.4, -0.2) is 14.5 Å². The monoisotopic (exact) mass is 421 g/mol. The molecule has 0 fully saturated rings. The van der Waals surface area contributed by atoms with E-state index in [4.69, 9.17) is 9.97 Å². The smallest absolute Gasteiger partial charge is 0.0917 e. The van der Waals surface area contributed by atoms with Gasteiger partial charge in [0.15, 0.2) is 0 Å². The molecule has 0 radical (unpaired) electrons. The van der Waals surface area contributed by atoms with E-state index in [0.29, 0.717) is 12.0 Å². The van der Waals surface area contributed by atoms with E-state index in [0.717, 1.165) is 35.4 Å². The van der Waals surface area contributed by atoms with Crippen molar-refractivity contribution in [2.75, 3.05) is 0 Å². The molecule has 0 unspecified atom stereocenters. The number of hydrogen-bond acceptors (Lipinski definition) is 2. The number of nitrogens with zero attached hydrogens (tertiary/aromatic N) is 3. The van der Waals surface area contributed by atoms with E-state index in [2.05, 4.69) is 91.3 Å². The topological polar surface area (TPSA) is 30.7 Å². The lowest BCUT2D eigenvalue weighted by atomic mass is 9.98. The zero-order valence-electron chi connectivity index (χ0n) is 21.3. The van der Waals surface area contributed by atoms with Crippen molar-refractivity contribution in [2.24, 2.45) is 0 Å². The lowest BCUT2D eigenvalue weighted by Crippen LogP contribution is -2.03. The fraction of sp³-hybridized carbons (Fsp3) is 0.571. The van der Waals surface area contributed by atoms with Gasteiger partial charge in [-0.15, -0.1) is 0 Å². The molecule has 0 aliphatic heterocycles. The van der Waals surface area contributed by atoms with Crippen molar-refractivity contribution in [3.63, 3.8) is 0 Å². The van der Waals surface area contributed by atoms with Crippen LogP contribution in [0.1, 0.15) is 109 Å². The van der Waals surface area contributed by atoms with Crippen LogP contribution >= 0.6 is 0 Å². The summed E-state index contributed by atoms with van der Waals surface area (Å²) < 4.78 is 2.33. The summed E-state index contributed by atoms with van der Waals surface area (Å²) in [6.45, 7) is 19.8. The normalized spacial score (nSPS) is 11.3. The number of unbranched alkanes of at least 4 members (excludes halogenated alkanes) is 2. The first kappa shape index (κ1) is 25.1. The number of pyridine rings is 2. The van der Waals surface area contributed by atoms with E-state index in [1.54, 1.807) is 0 Å². The van der Waals surface area contributed by atoms with Crippen molar-refractivity contribution in [3.05, 3.63) is 46.9 Å². The van der Waals surface area contributed by atoms with Gasteiger partial charge in [-0.2, -0.15) is 0 Å². The molecule has 3 aromatic heterocycles. The minimum atomic E-state index is 0.432. The molecule has 0 N–H and O–H groups in total. The minimum Gasteiger partial charge on any atom is -0.343 e. The molecule has 31 heavy (non-hydrogen) atoms. The van der Waals surface area contributed by atoms with Crippen molar-refractivity contribution in [1.29, 1.82) is 0 Å². The standard InChI is InChI=1S/C23H31N3.C5H12/c1-8-17-12-21-22(16(7)13-26(21)15(5)6)25-23(17)18-10-11-20(14(3)4)24-19(18)9-2;1-3-5-4-2/h10-15H,8-9H2,1-7H3;3-5H2,1-2H3. The molecular formula is C28H43N3. The van der Waals surface area contributed by atoms with Gasteiger partial charge >= 0.3 is 0 Å². The van der Waals surface area contributed by atoms with E-state index in [1.807, 2.05) is 0 Å². The number of fused-ring (bicyclic) bond motifs is 1. The van der Waals surface area contributed by atoms with E-state index in [1.165, 1.54) is 41.5 Å². The van der Waals surface area contributed by atoms with Crippen LogP contribution in [0.15, 0.2) is 24.4 Å². The molecule has 0 atom stereocenters. The molecule has 3 aromatic rings. The Morgan fingerprint density at radius 2 is 1.58 bits per heavy atom. The summed E-state index contributed by atoms with van der Waals surface area (Å²) in [5.41, 5.74) is 9.49. The molecule has 0 saturated carbocycles. The Bertz CT molecular complexity index is 978. The van der Waals surface area contributed by atoms with E-state index in [-0.39, 0.29) is 0 Å². The zero-order valence-corrected chi connectivity index (χ0v) is 21.3. The highest BCUT2D eigenvalue weighted by Gasteiger charge is 2.17. The highest BCUT2D eigenvalue weighted by molar-refractivity contribution is 5.84. The molecule has 3 nitrogen and oxygen atoms in total. The third kappa shape index (κ3) is 5.75. The average Bonchev–Trinajstić information content (AvgIpc) is 3.09. The SMILES string of the molecule is CCCCC.CCc1cc2c(nc1-c1ccc(C(C)C)nc1CC)c(C)cn2C(C)C. The van der Waals surface area contributed by atoms with Crippen LogP contribution in [0.4, 0.5) is 0 Å². The Balaban J connectivity index is 0.000000614. The number of aromatic nitrogens is 3. The summed E-state index contributed by atoms with van der Waals surface area (Å²) in [6.07, 6.45) is 8.19. The fourth-order valence-electron chi connectivity index (χ4n) is 3.98. The summed E-state index contributed by atoms with van der Waals surface area (Å²) >= 11 is 0. The number of hydrogen-bond donors (Lipinski definition) is 0. The Kier molecular flexibility index (Phi) is 9.28. The molecule has 3 heteroatoms. The van der Waals surface area contributed by atoms with Crippen LogP contribution in [-0.2, 0) is 12.8 Å². The maximum Gasteiger partial charge on any atom is 0.0917 e. The molecule has 0 bridgehead atoms. The lowest BCUT2D eigenvalue weighted by Gasteiger charge is -2.15. The van der Waals surface area contributed by atoms with Crippen molar-refractivity contribution in [3.8, 4) is 11.3 Å². The first-order chi connectivity index (χ1) is 14.8. The van der Waals surface area contributed by atoms with E-state index >= 15 is 0 Å². The van der Waals surface area contributed by atoms with Crippen LogP contribution in [0.5, 0.6) is 0 Å². The molecule has 0 aliphatic carbocycles. The first-order valence-electron chi connectivity index (χ1n) is 12.3. The second kappa shape index (κ2) is 11.5. The van der Waals surface area contributed by atoms with Gasteiger partial charge < -0.3 is 4.57 Å². The maximum absolute atomic E-state index is 5.14. The van der Waals surface area contributed by atoms with Gasteiger partial charge in [0.25, 0.3) is 0 Å². The van der Waals surface area contributed by atoms with Crippen molar-refractivity contribution >= 4 is 11.0 Å². The molecule has 0 aromatic carbocycles. The van der Waals surface area contributed by atoms with Crippen molar-refractivity contribution in [1.82, 2.24) is 14.5 Å². The number of aryl methyl sites for hydroxylation is 3. The van der Waals surface area contributed by atoms with Gasteiger partial charge in [0, 0.05) is 29.2 Å². The summed E-state index contributed by atoms with van der Waals surface area (Å²) in [5.74, 6) is 0.442. The zero-order chi connectivity index (χ0) is 23.1. The highest BCUT2D eigenvalue weighted by Crippen LogP contribution is 2.32. The Morgan fingerprint density at radius 3 is 2.06 bits per heavy atom. The predicted octanol–water partition coefficient (Wildman–Crippen LogP) is 8.43. The Morgan fingerprint density at radius 1 is 0.903 bits per heavy atom. The Labute approximate surface area is 190 Å². The van der Waals surface area contributed by atoms with Crippen LogP contribution in [0.2, 0.25) is 0 Å². The third-order valence-electron chi connectivity index (χ3n) is 5.89. The van der Waals surface area contributed by atoms with Gasteiger partial charge in [-0.05, 0) is 68.9 Å². The average molecular weight is 422 g/mol. The molecule has 3 heterocycles. The molecular weight excluding hydrogens is 378 g/mol. The second-order valence-corrected chi connectivity index (χ2v) is 9.12. The van der Waals surface area contributed by atoms with Crippen molar-refractivity contribution in [2.45, 2.75) is 106 Å². The van der Waals surface area contributed by atoms with Crippen LogP contribution < -0.4 is 0 Å². The summed E-state index contributed by atoms with van der Waals surface area (Å²) in [5, 5.41) is 0. The predicted molar refractivity (Wildman–Crippen MR) is 136 cm³/mol. The third-order valence-corrected chi connectivity index (χ3v) is 5.89. The van der Waals surface area contributed by atoms with Gasteiger partial charge in [0.2, 0.25) is 0 Å².